The molecule has 0 bridgehead atoms. The number of rotatable bonds is 7. The average Bonchev–Trinajstić information content (AvgIpc) is 2.72. The second-order valence-electron chi connectivity index (χ2n) is 6.40. The van der Waals surface area contributed by atoms with Gasteiger partial charge in [-0.2, -0.15) is 0 Å². The van der Waals surface area contributed by atoms with E-state index in [0.717, 1.165) is 30.8 Å². The lowest BCUT2D eigenvalue weighted by atomic mass is 10.1. The Morgan fingerprint density at radius 3 is 2.67 bits per heavy atom. The van der Waals surface area contributed by atoms with Crippen LogP contribution in [-0.2, 0) is 17.8 Å². The SMILES string of the molecule is CCCCc1nc(Cl)c(CNC(C)C(=O)NC(C)(C)C)[nH]1. The highest BCUT2D eigenvalue weighted by atomic mass is 35.5. The van der Waals surface area contributed by atoms with Crippen molar-refractivity contribution in [1.82, 2.24) is 20.6 Å². The molecule has 120 valence electrons. The Kier molecular flexibility index (Phi) is 6.68. The van der Waals surface area contributed by atoms with Crippen molar-refractivity contribution in [3.8, 4) is 0 Å². The van der Waals surface area contributed by atoms with Crippen LogP contribution >= 0.6 is 11.6 Å². The number of amides is 1. The summed E-state index contributed by atoms with van der Waals surface area (Å²) in [6.45, 7) is 10.4. The number of carbonyl (C=O) groups excluding carboxylic acids is 1. The van der Waals surface area contributed by atoms with Gasteiger partial charge < -0.3 is 15.6 Å². The van der Waals surface area contributed by atoms with Crippen molar-refractivity contribution in [1.29, 1.82) is 0 Å². The predicted octanol–water partition coefficient (Wildman–Crippen LogP) is 2.80. The fraction of sp³-hybridized carbons (Fsp3) is 0.733. The monoisotopic (exact) mass is 314 g/mol. The van der Waals surface area contributed by atoms with Crippen molar-refractivity contribution in [2.75, 3.05) is 0 Å². The van der Waals surface area contributed by atoms with Gasteiger partial charge in [0.1, 0.15) is 5.82 Å². The number of hydrogen-bond donors (Lipinski definition) is 3. The number of nitrogens with one attached hydrogen (secondary N) is 3. The number of carbonyl (C=O) groups is 1. The molecule has 0 spiro atoms. The summed E-state index contributed by atoms with van der Waals surface area (Å²) in [7, 11) is 0. The smallest absolute Gasteiger partial charge is 0.237 e. The zero-order valence-corrected chi connectivity index (χ0v) is 14.4. The van der Waals surface area contributed by atoms with Gasteiger partial charge in [-0.1, -0.05) is 24.9 Å². The predicted molar refractivity (Wildman–Crippen MR) is 86.4 cm³/mol. The van der Waals surface area contributed by atoms with Crippen LogP contribution in [0.3, 0.4) is 0 Å². The van der Waals surface area contributed by atoms with Gasteiger partial charge in [-0.3, -0.25) is 4.79 Å². The van der Waals surface area contributed by atoms with E-state index in [9.17, 15) is 4.79 Å². The second-order valence-corrected chi connectivity index (χ2v) is 6.76. The molecule has 1 unspecified atom stereocenters. The lowest BCUT2D eigenvalue weighted by Crippen LogP contribution is -2.49. The van der Waals surface area contributed by atoms with Crippen molar-refractivity contribution in [2.45, 2.75) is 72.0 Å². The number of halogens is 1. The number of aromatic amines is 1. The number of nitrogens with zero attached hydrogens (tertiary/aromatic N) is 1. The summed E-state index contributed by atoms with van der Waals surface area (Å²) < 4.78 is 0. The summed E-state index contributed by atoms with van der Waals surface area (Å²) in [5.74, 6) is 0.884. The maximum atomic E-state index is 12.0. The Morgan fingerprint density at radius 1 is 1.43 bits per heavy atom. The molecule has 0 fully saturated rings. The number of imidazole rings is 1. The highest BCUT2D eigenvalue weighted by Crippen LogP contribution is 2.14. The Balaban J connectivity index is 2.51. The van der Waals surface area contributed by atoms with E-state index in [-0.39, 0.29) is 17.5 Å². The van der Waals surface area contributed by atoms with Crippen LogP contribution in [0.15, 0.2) is 0 Å². The zero-order chi connectivity index (χ0) is 16.0. The van der Waals surface area contributed by atoms with Crippen molar-refractivity contribution in [2.24, 2.45) is 0 Å². The molecule has 1 atom stereocenters. The molecule has 1 aromatic rings. The minimum Gasteiger partial charge on any atom is -0.350 e. The first kappa shape index (κ1) is 18.0. The first-order valence-corrected chi connectivity index (χ1v) is 7.89. The number of hydrogen-bond acceptors (Lipinski definition) is 3. The summed E-state index contributed by atoms with van der Waals surface area (Å²) >= 11 is 6.11. The fourth-order valence-corrected chi connectivity index (χ4v) is 2.06. The van der Waals surface area contributed by atoms with Crippen LogP contribution in [0.2, 0.25) is 5.15 Å². The Bertz CT molecular complexity index is 465. The van der Waals surface area contributed by atoms with Crippen LogP contribution in [0, 0.1) is 0 Å². The van der Waals surface area contributed by atoms with Crippen LogP contribution in [0.1, 0.15) is 59.0 Å². The number of H-pyrrole nitrogens is 1. The lowest BCUT2D eigenvalue weighted by molar-refractivity contribution is -0.124. The summed E-state index contributed by atoms with van der Waals surface area (Å²) in [6, 6.07) is -0.289. The van der Waals surface area contributed by atoms with Crippen LogP contribution in [0.25, 0.3) is 0 Å². The molecule has 21 heavy (non-hydrogen) atoms. The van der Waals surface area contributed by atoms with Crippen molar-refractivity contribution < 1.29 is 4.79 Å². The third-order valence-corrected chi connectivity index (χ3v) is 3.33. The molecule has 1 heterocycles. The maximum Gasteiger partial charge on any atom is 0.237 e. The Labute approximate surface area is 132 Å². The first-order chi connectivity index (χ1) is 9.73. The topological polar surface area (TPSA) is 69.8 Å². The van der Waals surface area contributed by atoms with E-state index in [2.05, 4.69) is 27.5 Å². The van der Waals surface area contributed by atoms with Crippen molar-refractivity contribution in [3.63, 3.8) is 0 Å². The van der Waals surface area contributed by atoms with Gasteiger partial charge in [-0.15, -0.1) is 0 Å². The summed E-state index contributed by atoms with van der Waals surface area (Å²) in [5, 5.41) is 6.59. The summed E-state index contributed by atoms with van der Waals surface area (Å²) in [6.07, 6.45) is 3.10. The largest absolute Gasteiger partial charge is 0.350 e. The highest BCUT2D eigenvalue weighted by molar-refractivity contribution is 6.30. The molecular weight excluding hydrogens is 288 g/mol. The standard InChI is InChI=1S/C15H27ClN4O/c1-6-7-8-12-18-11(13(16)19-12)9-17-10(2)14(21)20-15(3,4)5/h10,17H,6-9H2,1-5H3,(H,18,19)(H,20,21). The van der Waals surface area contributed by atoms with Gasteiger partial charge in [0.05, 0.1) is 11.7 Å². The number of aromatic nitrogens is 2. The molecular formula is C15H27ClN4O. The molecule has 3 N–H and O–H groups in total. The molecule has 0 aliphatic heterocycles. The molecule has 0 aliphatic rings. The molecule has 0 aromatic carbocycles. The maximum absolute atomic E-state index is 12.0. The van der Waals surface area contributed by atoms with Gasteiger partial charge in [0.2, 0.25) is 5.91 Å². The van der Waals surface area contributed by atoms with E-state index >= 15 is 0 Å². The van der Waals surface area contributed by atoms with Crippen LogP contribution < -0.4 is 10.6 Å². The molecule has 1 aromatic heterocycles. The van der Waals surface area contributed by atoms with Crippen LogP contribution in [0.5, 0.6) is 0 Å². The fourth-order valence-electron chi connectivity index (χ4n) is 1.85. The second kappa shape index (κ2) is 7.80. The molecule has 0 aliphatic carbocycles. The number of unbranched alkanes of at least 4 members (excludes halogenated alkanes) is 1. The van der Waals surface area contributed by atoms with E-state index in [1.54, 1.807) is 0 Å². The van der Waals surface area contributed by atoms with Crippen LogP contribution in [0.4, 0.5) is 0 Å². The van der Waals surface area contributed by atoms with Crippen molar-refractivity contribution >= 4 is 17.5 Å². The lowest BCUT2D eigenvalue weighted by Gasteiger charge is -2.23. The van der Waals surface area contributed by atoms with E-state index in [1.165, 1.54) is 0 Å². The highest BCUT2D eigenvalue weighted by Gasteiger charge is 2.19. The minimum atomic E-state index is -0.289. The molecule has 6 heteroatoms. The molecule has 1 amide bonds. The molecule has 5 nitrogen and oxygen atoms in total. The Hall–Kier alpha value is -1.07. The van der Waals surface area contributed by atoms with Gasteiger partial charge in [-0.25, -0.2) is 4.98 Å². The van der Waals surface area contributed by atoms with Gasteiger partial charge in [0.15, 0.2) is 5.15 Å². The van der Waals surface area contributed by atoms with E-state index in [0.29, 0.717) is 11.7 Å². The quantitative estimate of drug-likeness (QED) is 0.725. The van der Waals surface area contributed by atoms with E-state index in [4.69, 9.17) is 11.6 Å². The van der Waals surface area contributed by atoms with Crippen LogP contribution in [-0.4, -0.2) is 27.5 Å². The van der Waals surface area contributed by atoms with Gasteiger partial charge in [-0.05, 0) is 34.1 Å². The zero-order valence-electron chi connectivity index (χ0n) is 13.6. The first-order valence-electron chi connectivity index (χ1n) is 7.51. The van der Waals surface area contributed by atoms with E-state index in [1.807, 2.05) is 27.7 Å². The molecule has 0 saturated heterocycles. The summed E-state index contributed by atoms with van der Waals surface area (Å²) in [4.78, 5) is 19.5. The van der Waals surface area contributed by atoms with Gasteiger partial charge in [0, 0.05) is 18.5 Å². The van der Waals surface area contributed by atoms with Gasteiger partial charge >= 0.3 is 0 Å². The number of aryl methyl sites for hydroxylation is 1. The molecule has 1 rings (SSSR count). The van der Waals surface area contributed by atoms with Crippen molar-refractivity contribution in [3.05, 3.63) is 16.7 Å². The van der Waals surface area contributed by atoms with E-state index < -0.39 is 0 Å². The molecule has 0 saturated carbocycles. The minimum absolute atomic E-state index is 0.0238. The third-order valence-electron chi connectivity index (χ3n) is 3.02. The third kappa shape index (κ3) is 6.48. The summed E-state index contributed by atoms with van der Waals surface area (Å²) in [5.41, 5.74) is 0.601. The average molecular weight is 315 g/mol. The van der Waals surface area contributed by atoms with Gasteiger partial charge in [0.25, 0.3) is 0 Å². The molecule has 0 radical (unpaired) electrons. The Morgan fingerprint density at radius 2 is 2.10 bits per heavy atom. The normalized spacial score (nSPS) is 13.2.